The Hall–Kier alpha value is -1.80. The molecule has 2 rings (SSSR count). The van der Waals surface area contributed by atoms with E-state index in [2.05, 4.69) is 5.10 Å². The molecule has 0 amide bonds. The molecule has 0 aliphatic carbocycles. The van der Waals surface area contributed by atoms with E-state index in [0.29, 0.717) is 5.56 Å². The number of nitrogens with zero attached hydrogens (tertiary/aromatic N) is 2. The van der Waals surface area contributed by atoms with Crippen molar-refractivity contribution in [2.45, 2.75) is 17.4 Å². The van der Waals surface area contributed by atoms with E-state index in [1.165, 1.54) is 25.0 Å². The van der Waals surface area contributed by atoms with Crippen LogP contribution in [-0.2, 0) is 27.4 Å². The van der Waals surface area contributed by atoms with E-state index < -0.39 is 33.0 Å². The van der Waals surface area contributed by atoms with Crippen LogP contribution in [0.25, 0.3) is 0 Å². The van der Waals surface area contributed by atoms with Crippen molar-refractivity contribution in [2.75, 3.05) is 13.7 Å². The average molecular weight is 344 g/mol. The highest BCUT2D eigenvalue weighted by Crippen LogP contribution is 2.29. The second kappa shape index (κ2) is 7.18. The summed E-state index contributed by atoms with van der Waals surface area (Å²) in [6.07, 6.45) is -1.51. The van der Waals surface area contributed by atoms with Crippen LogP contribution in [0.3, 0.4) is 0 Å². The third-order valence-electron chi connectivity index (χ3n) is 3.42. The molecule has 0 radical (unpaired) electrons. The predicted octanol–water partition coefficient (Wildman–Crippen LogP) is 2.66. The largest absolute Gasteiger partial charge is 0.383 e. The Labute approximate surface area is 133 Å². The van der Waals surface area contributed by atoms with Crippen molar-refractivity contribution in [1.29, 1.82) is 0 Å². The summed E-state index contributed by atoms with van der Waals surface area (Å²) in [6.45, 7) is -0.0450. The van der Waals surface area contributed by atoms with Gasteiger partial charge in [0.2, 0.25) is 0 Å². The van der Waals surface area contributed by atoms with E-state index in [4.69, 9.17) is 4.74 Å². The van der Waals surface area contributed by atoms with Crippen LogP contribution < -0.4 is 0 Å². The summed E-state index contributed by atoms with van der Waals surface area (Å²) in [6, 6.07) is 8.58. The maximum atomic E-state index is 13.0. The van der Waals surface area contributed by atoms with Crippen molar-refractivity contribution >= 4 is 9.84 Å². The number of methoxy groups -OCH3 is 1. The monoisotopic (exact) mass is 344 g/mol. The Bertz CT molecular complexity index is 745. The van der Waals surface area contributed by atoms with Crippen LogP contribution in [0.4, 0.5) is 8.78 Å². The summed E-state index contributed by atoms with van der Waals surface area (Å²) in [5, 5.41) is 2.73. The molecule has 23 heavy (non-hydrogen) atoms. The minimum atomic E-state index is -3.74. The normalized spacial score (nSPS) is 13.4. The maximum absolute atomic E-state index is 13.0. The van der Waals surface area contributed by atoms with Crippen LogP contribution in [0.5, 0.6) is 0 Å². The van der Waals surface area contributed by atoms with Gasteiger partial charge in [0.15, 0.2) is 9.84 Å². The molecular formula is C15H18F2N2O3S. The van der Waals surface area contributed by atoms with E-state index in [1.54, 1.807) is 30.3 Å². The SMILES string of the molecule is COCC(c1ccccc1)S(=O)(=O)Cc1cn(C)nc1C(F)F. The van der Waals surface area contributed by atoms with Crippen LogP contribution in [0, 0.1) is 0 Å². The zero-order chi connectivity index (χ0) is 17.0. The smallest absolute Gasteiger partial charge is 0.282 e. The lowest BCUT2D eigenvalue weighted by atomic mass is 10.1. The van der Waals surface area contributed by atoms with Crippen LogP contribution in [0.15, 0.2) is 36.5 Å². The highest BCUT2D eigenvalue weighted by Gasteiger charge is 2.30. The van der Waals surface area contributed by atoms with E-state index >= 15 is 0 Å². The maximum Gasteiger partial charge on any atom is 0.282 e. The zero-order valence-corrected chi connectivity index (χ0v) is 13.6. The highest BCUT2D eigenvalue weighted by molar-refractivity contribution is 7.90. The lowest BCUT2D eigenvalue weighted by molar-refractivity contribution is 0.144. The molecule has 5 nitrogen and oxygen atoms in total. The number of hydrogen-bond acceptors (Lipinski definition) is 4. The number of aromatic nitrogens is 2. The lowest BCUT2D eigenvalue weighted by Crippen LogP contribution is -2.20. The van der Waals surface area contributed by atoms with Crippen LogP contribution in [0.2, 0.25) is 0 Å². The van der Waals surface area contributed by atoms with Crippen molar-refractivity contribution < 1.29 is 21.9 Å². The third kappa shape index (κ3) is 4.14. The number of halogens is 2. The molecule has 2 aromatic rings. The fraction of sp³-hybridized carbons (Fsp3) is 0.400. The molecule has 0 spiro atoms. The van der Waals surface area contributed by atoms with E-state index in [0.717, 1.165) is 0 Å². The Kier molecular flexibility index (Phi) is 5.48. The average Bonchev–Trinajstić information content (AvgIpc) is 2.85. The van der Waals surface area contributed by atoms with Gasteiger partial charge in [-0.05, 0) is 5.56 Å². The molecule has 0 saturated carbocycles. The molecular weight excluding hydrogens is 326 g/mol. The second-order valence-electron chi connectivity index (χ2n) is 5.18. The topological polar surface area (TPSA) is 61.2 Å². The van der Waals surface area contributed by atoms with E-state index in [9.17, 15) is 17.2 Å². The first-order chi connectivity index (χ1) is 10.8. The minimum Gasteiger partial charge on any atom is -0.383 e. The van der Waals surface area contributed by atoms with Crippen molar-refractivity contribution in [1.82, 2.24) is 9.78 Å². The van der Waals surface area contributed by atoms with Crippen LogP contribution in [-0.4, -0.2) is 31.9 Å². The van der Waals surface area contributed by atoms with Gasteiger partial charge < -0.3 is 4.74 Å². The van der Waals surface area contributed by atoms with Gasteiger partial charge >= 0.3 is 0 Å². The molecule has 0 aliphatic rings. The molecule has 0 bridgehead atoms. The van der Waals surface area contributed by atoms with Gasteiger partial charge in [-0.1, -0.05) is 30.3 Å². The van der Waals surface area contributed by atoms with Crippen LogP contribution >= 0.6 is 0 Å². The standard InChI is InChI=1S/C15H18F2N2O3S/c1-19-8-12(14(18-19)15(16)17)10-23(20,21)13(9-22-2)11-6-4-3-5-7-11/h3-8,13,15H,9-10H2,1-2H3. The summed E-state index contributed by atoms with van der Waals surface area (Å²) in [4.78, 5) is 0. The van der Waals surface area contributed by atoms with Crippen molar-refractivity contribution in [3.8, 4) is 0 Å². The van der Waals surface area contributed by atoms with E-state index in [-0.39, 0.29) is 12.2 Å². The summed E-state index contributed by atoms with van der Waals surface area (Å²) < 4.78 is 57.6. The number of hydrogen-bond donors (Lipinski definition) is 0. The first-order valence-corrected chi connectivity index (χ1v) is 8.62. The van der Waals surface area contributed by atoms with Crippen LogP contribution in [0.1, 0.15) is 28.5 Å². The third-order valence-corrected chi connectivity index (χ3v) is 5.41. The van der Waals surface area contributed by atoms with Gasteiger partial charge in [-0.2, -0.15) is 5.10 Å². The van der Waals surface area contributed by atoms with Crippen molar-refractivity contribution in [3.63, 3.8) is 0 Å². The van der Waals surface area contributed by atoms with Crippen molar-refractivity contribution in [2.24, 2.45) is 7.05 Å². The summed E-state index contributed by atoms with van der Waals surface area (Å²) in [5.41, 5.74) is 0.0803. The molecule has 0 aliphatic heterocycles. The molecule has 1 aromatic carbocycles. The Morgan fingerprint density at radius 3 is 2.48 bits per heavy atom. The van der Waals surface area contributed by atoms with Gasteiger partial charge in [0.05, 0.1) is 12.4 Å². The van der Waals surface area contributed by atoms with Gasteiger partial charge in [-0.15, -0.1) is 0 Å². The fourth-order valence-corrected chi connectivity index (χ4v) is 4.17. The molecule has 1 unspecified atom stereocenters. The quantitative estimate of drug-likeness (QED) is 0.775. The van der Waals surface area contributed by atoms with Gasteiger partial charge in [0, 0.05) is 25.9 Å². The molecule has 126 valence electrons. The number of sulfone groups is 1. The number of alkyl halides is 2. The molecule has 0 fully saturated rings. The molecule has 0 N–H and O–H groups in total. The number of rotatable bonds is 7. The molecule has 0 saturated heterocycles. The Morgan fingerprint density at radius 1 is 1.26 bits per heavy atom. The molecule has 1 atom stereocenters. The first-order valence-electron chi connectivity index (χ1n) is 6.91. The minimum absolute atomic E-state index is 0.0135. The Morgan fingerprint density at radius 2 is 1.91 bits per heavy atom. The first kappa shape index (κ1) is 17.6. The summed E-state index contributed by atoms with van der Waals surface area (Å²) in [7, 11) is -0.864. The number of ether oxygens (including phenoxy) is 1. The molecule has 1 aromatic heterocycles. The number of aryl methyl sites for hydroxylation is 1. The summed E-state index contributed by atoms with van der Waals surface area (Å²) >= 11 is 0. The second-order valence-corrected chi connectivity index (χ2v) is 7.36. The fourth-order valence-electron chi connectivity index (χ4n) is 2.39. The summed E-state index contributed by atoms with van der Waals surface area (Å²) in [5.74, 6) is -0.510. The van der Waals surface area contributed by atoms with Crippen molar-refractivity contribution in [3.05, 3.63) is 53.3 Å². The highest BCUT2D eigenvalue weighted by atomic mass is 32.2. The Balaban J connectivity index is 2.36. The predicted molar refractivity (Wildman–Crippen MR) is 81.8 cm³/mol. The van der Waals surface area contributed by atoms with Gasteiger partial charge in [-0.3, -0.25) is 4.68 Å². The van der Waals surface area contributed by atoms with E-state index in [1.807, 2.05) is 0 Å². The molecule has 8 heteroatoms. The lowest BCUT2D eigenvalue weighted by Gasteiger charge is -2.17. The van der Waals surface area contributed by atoms with Gasteiger partial charge in [0.1, 0.15) is 10.9 Å². The van der Waals surface area contributed by atoms with Gasteiger partial charge in [0.25, 0.3) is 6.43 Å². The van der Waals surface area contributed by atoms with Gasteiger partial charge in [-0.25, -0.2) is 17.2 Å². The molecule has 1 heterocycles. The zero-order valence-electron chi connectivity index (χ0n) is 12.8. The number of benzene rings is 1.